The topological polar surface area (TPSA) is 67.5 Å². The Hall–Kier alpha value is -0.970. The summed E-state index contributed by atoms with van der Waals surface area (Å²) in [5.41, 5.74) is 7.93. The largest absolute Gasteiger partial charge is 0.382 e. The number of benzene rings is 1. The van der Waals surface area contributed by atoms with Gasteiger partial charge in [-0.2, -0.15) is 5.10 Å². The smallest absolute Gasteiger partial charge is 0.271 e. The molecule has 0 unspecified atom stereocenters. The molecule has 0 aliphatic rings. The van der Waals surface area contributed by atoms with Gasteiger partial charge >= 0.3 is 0 Å². The molecule has 0 aromatic heterocycles. The number of nitrogens with one attached hydrogen (secondary N) is 1. The van der Waals surface area contributed by atoms with E-state index in [4.69, 9.17) is 40.5 Å². The first-order valence-electron chi connectivity index (χ1n) is 4.17. The zero-order chi connectivity index (χ0) is 12.2. The van der Waals surface area contributed by atoms with Crippen LogP contribution < -0.4 is 11.2 Å². The van der Waals surface area contributed by atoms with E-state index in [1.54, 1.807) is 30.3 Å². The van der Waals surface area contributed by atoms with Gasteiger partial charge in [0.1, 0.15) is 0 Å². The van der Waals surface area contributed by atoms with Crippen molar-refractivity contribution in [1.82, 2.24) is 5.43 Å². The highest BCUT2D eigenvalue weighted by Crippen LogP contribution is 2.25. The third-order valence-electron chi connectivity index (χ3n) is 1.60. The number of halogens is 3. The molecule has 1 amide bonds. The van der Waals surface area contributed by atoms with Crippen LogP contribution in [0.25, 0.3) is 0 Å². The summed E-state index contributed by atoms with van der Waals surface area (Å²) in [5, 5.41) is 3.47. The highest BCUT2D eigenvalue weighted by molar-refractivity contribution is 6.76. The quantitative estimate of drug-likeness (QED) is 0.377. The van der Waals surface area contributed by atoms with Crippen LogP contribution in [0.3, 0.4) is 0 Å². The molecule has 1 aromatic rings. The zero-order valence-corrected chi connectivity index (χ0v) is 10.2. The molecule has 0 heterocycles. The minimum absolute atomic E-state index is 0.304. The average molecular weight is 281 g/mol. The molecule has 86 valence electrons. The maximum Gasteiger partial charge on any atom is 0.271 e. The average Bonchev–Trinajstić information content (AvgIpc) is 2.25. The van der Waals surface area contributed by atoms with Gasteiger partial charge in [-0.05, 0) is 12.1 Å². The number of carbonyl (C=O) groups excluding carboxylic acids is 1. The molecule has 1 rings (SSSR count). The molecule has 0 spiro atoms. The summed E-state index contributed by atoms with van der Waals surface area (Å²) in [7, 11) is 0. The van der Waals surface area contributed by atoms with Gasteiger partial charge in [-0.1, -0.05) is 53.0 Å². The molecule has 0 atom stereocenters. The van der Waals surface area contributed by atoms with Crippen LogP contribution in [0.4, 0.5) is 0 Å². The van der Waals surface area contributed by atoms with Gasteiger partial charge in [0.05, 0.1) is 0 Å². The van der Waals surface area contributed by atoms with E-state index in [0.717, 1.165) is 0 Å². The molecule has 4 nitrogen and oxygen atoms in total. The fourth-order valence-corrected chi connectivity index (χ4v) is 0.955. The number of hydrogen-bond acceptors (Lipinski definition) is 2. The Labute approximate surface area is 107 Å². The molecule has 0 saturated heterocycles. The third-order valence-corrected chi connectivity index (χ3v) is 2.19. The molecule has 0 aliphatic carbocycles. The number of amidine groups is 1. The SMILES string of the molecule is N/C(=N\NC(=O)c1ccccc1)C(Cl)(Cl)Cl. The number of rotatable bonds is 2. The second-order valence-corrected chi connectivity index (χ2v) is 5.08. The third kappa shape index (κ3) is 3.89. The van der Waals surface area contributed by atoms with Crippen molar-refractivity contribution < 1.29 is 4.79 Å². The summed E-state index contributed by atoms with van der Waals surface area (Å²) < 4.78 is -1.83. The predicted molar refractivity (Wildman–Crippen MR) is 65.8 cm³/mol. The number of nitrogens with zero attached hydrogens (tertiary/aromatic N) is 1. The summed E-state index contributed by atoms with van der Waals surface area (Å²) in [4.78, 5) is 11.5. The Morgan fingerprint density at radius 2 is 1.81 bits per heavy atom. The summed E-state index contributed by atoms with van der Waals surface area (Å²) in [5.74, 6) is -0.736. The molecule has 0 bridgehead atoms. The lowest BCUT2D eigenvalue weighted by atomic mass is 10.2. The van der Waals surface area contributed by atoms with Crippen LogP contribution in [0.5, 0.6) is 0 Å². The van der Waals surface area contributed by atoms with E-state index in [1.165, 1.54) is 0 Å². The van der Waals surface area contributed by atoms with Crippen LogP contribution in [-0.4, -0.2) is 15.5 Å². The summed E-state index contributed by atoms with van der Waals surface area (Å²) in [6, 6.07) is 8.47. The molecular weight excluding hydrogens is 272 g/mol. The molecule has 0 aliphatic heterocycles. The maximum atomic E-state index is 11.5. The van der Waals surface area contributed by atoms with E-state index in [2.05, 4.69) is 10.5 Å². The van der Waals surface area contributed by atoms with Gasteiger partial charge in [0, 0.05) is 5.56 Å². The number of alkyl halides is 3. The number of nitrogens with two attached hydrogens (primary N) is 1. The van der Waals surface area contributed by atoms with Crippen molar-refractivity contribution in [2.24, 2.45) is 10.8 Å². The first-order valence-corrected chi connectivity index (χ1v) is 5.30. The summed E-state index contributed by atoms with van der Waals surface area (Å²) in [6.07, 6.45) is 0. The van der Waals surface area contributed by atoms with Gasteiger partial charge in [0.2, 0.25) is 3.79 Å². The van der Waals surface area contributed by atoms with E-state index in [-0.39, 0.29) is 5.84 Å². The van der Waals surface area contributed by atoms with Crippen LogP contribution in [-0.2, 0) is 0 Å². The fourth-order valence-electron chi connectivity index (χ4n) is 0.828. The minimum Gasteiger partial charge on any atom is -0.382 e. The molecular formula is C9H8Cl3N3O. The molecule has 1 aromatic carbocycles. The Balaban J connectivity index is 2.67. The van der Waals surface area contributed by atoms with Gasteiger partial charge in [0.15, 0.2) is 5.84 Å². The summed E-state index contributed by atoms with van der Waals surface area (Å²) in [6.45, 7) is 0. The monoisotopic (exact) mass is 279 g/mol. The van der Waals surface area contributed by atoms with Crippen molar-refractivity contribution in [2.75, 3.05) is 0 Å². The van der Waals surface area contributed by atoms with Crippen molar-refractivity contribution in [3.05, 3.63) is 35.9 Å². The minimum atomic E-state index is -1.83. The Morgan fingerprint density at radius 3 is 2.31 bits per heavy atom. The number of hydrogen-bond donors (Lipinski definition) is 2. The first-order chi connectivity index (χ1) is 7.41. The Morgan fingerprint density at radius 1 is 1.25 bits per heavy atom. The van der Waals surface area contributed by atoms with E-state index in [1.807, 2.05) is 0 Å². The lowest BCUT2D eigenvalue weighted by Crippen LogP contribution is -2.32. The van der Waals surface area contributed by atoms with E-state index < -0.39 is 9.70 Å². The normalized spacial score (nSPS) is 12.3. The fraction of sp³-hybridized carbons (Fsp3) is 0.111. The first kappa shape index (κ1) is 13.1. The molecule has 16 heavy (non-hydrogen) atoms. The van der Waals surface area contributed by atoms with Crippen molar-refractivity contribution in [2.45, 2.75) is 3.79 Å². The molecule has 3 N–H and O–H groups in total. The van der Waals surface area contributed by atoms with E-state index in [0.29, 0.717) is 5.56 Å². The highest BCUT2D eigenvalue weighted by Gasteiger charge is 2.25. The zero-order valence-electron chi connectivity index (χ0n) is 7.95. The maximum absolute atomic E-state index is 11.5. The number of amides is 1. The van der Waals surface area contributed by atoms with Gasteiger partial charge in [0.25, 0.3) is 5.91 Å². The van der Waals surface area contributed by atoms with Crippen molar-refractivity contribution in [3.63, 3.8) is 0 Å². The summed E-state index contributed by atoms with van der Waals surface area (Å²) >= 11 is 16.3. The van der Waals surface area contributed by atoms with Crippen molar-refractivity contribution in [1.29, 1.82) is 0 Å². The number of hydrazone groups is 1. The van der Waals surface area contributed by atoms with Gasteiger partial charge in [-0.15, -0.1) is 0 Å². The molecule has 7 heteroatoms. The van der Waals surface area contributed by atoms with Crippen LogP contribution >= 0.6 is 34.8 Å². The number of carbonyl (C=O) groups is 1. The lowest BCUT2D eigenvalue weighted by molar-refractivity contribution is 0.0954. The second-order valence-electron chi connectivity index (χ2n) is 2.80. The van der Waals surface area contributed by atoms with Crippen LogP contribution in [0.1, 0.15) is 10.4 Å². The molecule has 0 saturated carbocycles. The Kier molecular flexibility index (Phi) is 4.41. The van der Waals surface area contributed by atoms with Crippen LogP contribution in [0, 0.1) is 0 Å². The van der Waals surface area contributed by atoms with Gasteiger partial charge < -0.3 is 5.73 Å². The molecule has 0 fully saturated rings. The Bertz CT molecular complexity index is 400. The van der Waals surface area contributed by atoms with Crippen molar-refractivity contribution in [3.8, 4) is 0 Å². The van der Waals surface area contributed by atoms with E-state index in [9.17, 15) is 4.79 Å². The standard InChI is InChI=1S/C9H8Cl3N3O/c10-9(11,12)8(13)15-14-7(16)6-4-2-1-3-5-6/h1-5H,(H2,13,15)(H,14,16). The van der Waals surface area contributed by atoms with Crippen LogP contribution in [0.15, 0.2) is 35.4 Å². The molecule has 0 radical (unpaired) electrons. The van der Waals surface area contributed by atoms with Gasteiger partial charge in [-0.25, -0.2) is 5.43 Å². The second kappa shape index (κ2) is 5.39. The highest BCUT2D eigenvalue weighted by atomic mass is 35.6. The predicted octanol–water partition coefficient (Wildman–Crippen LogP) is 2.06. The lowest BCUT2D eigenvalue weighted by Gasteiger charge is -2.09. The van der Waals surface area contributed by atoms with Crippen LogP contribution in [0.2, 0.25) is 0 Å². The van der Waals surface area contributed by atoms with E-state index >= 15 is 0 Å². The van der Waals surface area contributed by atoms with Gasteiger partial charge in [-0.3, -0.25) is 4.79 Å². The van der Waals surface area contributed by atoms with Crippen molar-refractivity contribution >= 4 is 46.5 Å².